The molecular formula is C21H18FN5OS. The summed E-state index contributed by atoms with van der Waals surface area (Å²) in [6, 6.07) is 11.2. The van der Waals surface area contributed by atoms with E-state index >= 15 is 0 Å². The van der Waals surface area contributed by atoms with Gasteiger partial charge in [-0.1, -0.05) is 18.2 Å². The van der Waals surface area contributed by atoms with Gasteiger partial charge in [-0.3, -0.25) is 9.78 Å². The summed E-state index contributed by atoms with van der Waals surface area (Å²) < 4.78 is 15.6. The number of halogens is 1. The number of aromatic nitrogens is 4. The molecule has 3 aromatic heterocycles. The SMILES string of the molecule is Cn1ccnc1C(NC(=O)Cc1csc(-c2ccccn2)n1)c1cccc(F)c1. The van der Waals surface area contributed by atoms with Crippen LogP contribution in [0.5, 0.6) is 0 Å². The molecule has 1 N–H and O–H groups in total. The van der Waals surface area contributed by atoms with Crippen molar-refractivity contribution in [1.29, 1.82) is 0 Å². The van der Waals surface area contributed by atoms with E-state index < -0.39 is 6.04 Å². The molecule has 0 aliphatic heterocycles. The second kappa shape index (κ2) is 8.32. The molecule has 0 aliphatic carbocycles. The number of nitrogens with one attached hydrogen (secondary N) is 1. The molecule has 0 aliphatic rings. The Kier molecular flexibility index (Phi) is 5.44. The number of aryl methyl sites for hydroxylation is 1. The first-order valence-electron chi connectivity index (χ1n) is 8.98. The van der Waals surface area contributed by atoms with Crippen molar-refractivity contribution < 1.29 is 9.18 Å². The molecule has 0 bridgehead atoms. The van der Waals surface area contributed by atoms with E-state index in [-0.39, 0.29) is 18.1 Å². The lowest BCUT2D eigenvalue weighted by Gasteiger charge is -2.19. The van der Waals surface area contributed by atoms with Gasteiger partial charge >= 0.3 is 0 Å². The Morgan fingerprint density at radius 1 is 1.21 bits per heavy atom. The van der Waals surface area contributed by atoms with Gasteiger partial charge in [0.2, 0.25) is 5.91 Å². The van der Waals surface area contributed by atoms with Gasteiger partial charge in [-0.05, 0) is 29.8 Å². The second-order valence-corrected chi connectivity index (χ2v) is 7.35. The van der Waals surface area contributed by atoms with E-state index in [9.17, 15) is 9.18 Å². The molecule has 146 valence electrons. The predicted molar refractivity (Wildman–Crippen MR) is 109 cm³/mol. The molecule has 8 heteroatoms. The summed E-state index contributed by atoms with van der Waals surface area (Å²) in [5.41, 5.74) is 2.06. The Morgan fingerprint density at radius 3 is 2.83 bits per heavy atom. The Morgan fingerprint density at radius 2 is 2.10 bits per heavy atom. The van der Waals surface area contributed by atoms with E-state index in [1.54, 1.807) is 35.3 Å². The van der Waals surface area contributed by atoms with Crippen molar-refractivity contribution >= 4 is 17.2 Å². The lowest BCUT2D eigenvalue weighted by molar-refractivity contribution is -0.121. The van der Waals surface area contributed by atoms with Crippen LogP contribution in [0.25, 0.3) is 10.7 Å². The smallest absolute Gasteiger partial charge is 0.226 e. The predicted octanol–water partition coefficient (Wildman–Crippen LogP) is 3.53. The molecule has 1 aromatic carbocycles. The summed E-state index contributed by atoms with van der Waals surface area (Å²) in [7, 11) is 1.83. The number of benzene rings is 1. The normalized spacial score (nSPS) is 11.9. The summed E-state index contributed by atoms with van der Waals surface area (Å²) in [6.45, 7) is 0. The van der Waals surface area contributed by atoms with Gasteiger partial charge in [-0.15, -0.1) is 11.3 Å². The van der Waals surface area contributed by atoms with Crippen molar-refractivity contribution in [3.8, 4) is 10.7 Å². The van der Waals surface area contributed by atoms with Gasteiger partial charge in [0.1, 0.15) is 22.7 Å². The van der Waals surface area contributed by atoms with Gasteiger partial charge < -0.3 is 9.88 Å². The molecule has 0 radical (unpaired) electrons. The van der Waals surface area contributed by atoms with Gasteiger partial charge in [0, 0.05) is 31.0 Å². The summed E-state index contributed by atoms with van der Waals surface area (Å²) in [5.74, 6) is 0.0343. The van der Waals surface area contributed by atoms with Crippen LogP contribution in [-0.4, -0.2) is 25.4 Å². The van der Waals surface area contributed by atoms with Crippen molar-refractivity contribution in [1.82, 2.24) is 24.8 Å². The highest BCUT2D eigenvalue weighted by atomic mass is 32.1. The zero-order valence-corrected chi connectivity index (χ0v) is 16.4. The van der Waals surface area contributed by atoms with Crippen LogP contribution in [-0.2, 0) is 18.3 Å². The quantitative estimate of drug-likeness (QED) is 0.531. The minimum absolute atomic E-state index is 0.111. The third kappa shape index (κ3) is 4.38. The monoisotopic (exact) mass is 407 g/mol. The van der Waals surface area contributed by atoms with Crippen molar-refractivity contribution in [2.24, 2.45) is 7.05 Å². The van der Waals surface area contributed by atoms with E-state index in [1.165, 1.54) is 23.5 Å². The molecule has 4 aromatic rings. The standard InChI is InChI=1S/C21H18FN5OS/c1-27-10-9-24-20(27)19(14-5-4-6-15(22)11-14)26-18(28)12-16-13-29-21(25-16)17-7-2-3-8-23-17/h2-11,13,19H,12H2,1H3,(H,26,28). The van der Waals surface area contributed by atoms with Crippen LogP contribution in [0.3, 0.4) is 0 Å². The molecule has 0 saturated heterocycles. The zero-order chi connectivity index (χ0) is 20.2. The van der Waals surface area contributed by atoms with E-state index in [1.807, 2.05) is 30.6 Å². The van der Waals surface area contributed by atoms with Crippen LogP contribution in [0.4, 0.5) is 4.39 Å². The highest BCUT2D eigenvalue weighted by Crippen LogP contribution is 2.23. The van der Waals surface area contributed by atoms with Crippen molar-refractivity contribution in [3.05, 3.63) is 89.3 Å². The first kappa shape index (κ1) is 18.9. The van der Waals surface area contributed by atoms with Crippen LogP contribution >= 0.6 is 11.3 Å². The number of hydrogen-bond acceptors (Lipinski definition) is 5. The number of thiazole rings is 1. The number of rotatable bonds is 6. The number of hydrogen-bond donors (Lipinski definition) is 1. The van der Waals surface area contributed by atoms with Gasteiger partial charge in [0.05, 0.1) is 17.8 Å². The van der Waals surface area contributed by atoms with Crippen LogP contribution in [0, 0.1) is 5.82 Å². The lowest BCUT2D eigenvalue weighted by atomic mass is 10.1. The van der Waals surface area contributed by atoms with Gasteiger partial charge in [-0.2, -0.15) is 0 Å². The second-order valence-electron chi connectivity index (χ2n) is 6.49. The fourth-order valence-corrected chi connectivity index (χ4v) is 3.81. The lowest BCUT2D eigenvalue weighted by Crippen LogP contribution is -2.32. The third-order valence-electron chi connectivity index (χ3n) is 4.38. The number of pyridine rings is 1. The van der Waals surface area contributed by atoms with Gasteiger partial charge in [-0.25, -0.2) is 14.4 Å². The number of carbonyl (C=O) groups is 1. The summed E-state index contributed by atoms with van der Waals surface area (Å²) in [6.07, 6.45) is 5.25. The van der Waals surface area contributed by atoms with Crippen molar-refractivity contribution in [2.45, 2.75) is 12.5 Å². The first-order valence-corrected chi connectivity index (χ1v) is 9.86. The molecule has 0 fully saturated rings. The molecule has 1 atom stereocenters. The van der Waals surface area contributed by atoms with Crippen LogP contribution < -0.4 is 5.32 Å². The largest absolute Gasteiger partial charge is 0.342 e. The van der Waals surface area contributed by atoms with E-state index in [4.69, 9.17) is 0 Å². The van der Waals surface area contributed by atoms with Crippen molar-refractivity contribution in [3.63, 3.8) is 0 Å². The number of carbonyl (C=O) groups excluding carboxylic acids is 1. The van der Waals surface area contributed by atoms with E-state index in [0.29, 0.717) is 17.1 Å². The number of nitrogens with zero attached hydrogens (tertiary/aromatic N) is 4. The summed E-state index contributed by atoms with van der Waals surface area (Å²) >= 11 is 1.44. The molecule has 29 heavy (non-hydrogen) atoms. The molecule has 1 unspecified atom stereocenters. The van der Waals surface area contributed by atoms with Crippen LogP contribution in [0.1, 0.15) is 23.1 Å². The van der Waals surface area contributed by atoms with E-state index in [2.05, 4.69) is 20.3 Å². The average molecular weight is 407 g/mol. The Hall–Kier alpha value is -3.39. The van der Waals surface area contributed by atoms with Crippen LogP contribution in [0.15, 0.2) is 66.4 Å². The van der Waals surface area contributed by atoms with E-state index in [0.717, 1.165) is 10.7 Å². The highest BCUT2D eigenvalue weighted by Gasteiger charge is 2.22. The molecule has 6 nitrogen and oxygen atoms in total. The number of imidazole rings is 1. The fourth-order valence-electron chi connectivity index (χ4n) is 3.01. The molecular weight excluding hydrogens is 389 g/mol. The van der Waals surface area contributed by atoms with Crippen LogP contribution in [0.2, 0.25) is 0 Å². The Labute approximate surface area is 171 Å². The molecule has 1 amide bonds. The first-order chi connectivity index (χ1) is 14.1. The maximum absolute atomic E-state index is 13.8. The minimum Gasteiger partial charge on any atom is -0.342 e. The zero-order valence-electron chi connectivity index (χ0n) is 15.6. The summed E-state index contributed by atoms with van der Waals surface area (Å²) in [4.78, 5) is 25.9. The van der Waals surface area contributed by atoms with Gasteiger partial charge in [0.15, 0.2) is 0 Å². The average Bonchev–Trinajstić information content (AvgIpc) is 3.36. The van der Waals surface area contributed by atoms with Crippen molar-refractivity contribution in [2.75, 3.05) is 0 Å². The molecule has 0 saturated carbocycles. The minimum atomic E-state index is -0.563. The number of amides is 1. The Bertz CT molecular complexity index is 1120. The topological polar surface area (TPSA) is 72.7 Å². The maximum Gasteiger partial charge on any atom is 0.226 e. The van der Waals surface area contributed by atoms with Gasteiger partial charge in [0.25, 0.3) is 0 Å². The molecule has 0 spiro atoms. The third-order valence-corrected chi connectivity index (χ3v) is 5.30. The Balaban J connectivity index is 1.53. The summed E-state index contributed by atoms with van der Waals surface area (Å²) in [5, 5.41) is 5.57. The molecule has 3 heterocycles. The fraction of sp³-hybridized carbons (Fsp3) is 0.143. The molecule has 4 rings (SSSR count). The maximum atomic E-state index is 13.8. The highest BCUT2D eigenvalue weighted by molar-refractivity contribution is 7.13.